The normalized spacial score (nSPS) is 19.6. The molecule has 0 aliphatic carbocycles. The topological polar surface area (TPSA) is 45.2 Å². The number of aromatic nitrogens is 1. The molecule has 1 saturated heterocycles. The zero-order chi connectivity index (χ0) is 12.4. The van der Waals surface area contributed by atoms with Crippen molar-refractivity contribution in [3.8, 4) is 0 Å². The summed E-state index contributed by atoms with van der Waals surface area (Å²) in [5, 5.41) is 4.33. The molecule has 1 aliphatic heterocycles. The average molecular weight is 273 g/mol. The van der Waals surface area contributed by atoms with Crippen molar-refractivity contribution in [3.63, 3.8) is 0 Å². The highest BCUT2D eigenvalue weighted by Crippen LogP contribution is 2.30. The van der Waals surface area contributed by atoms with Gasteiger partial charge in [0.15, 0.2) is 5.13 Å². The van der Waals surface area contributed by atoms with Gasteiger partial charge in [0.05, 0.1) is 5.69 Å². The van der Waals surface area contributed by atoms with Gasteiger partial charge in [-0.25, -0.2) is 4.98 Å². The van der Waals surface area contributed by atoms with E-state index in [2.05, 4.69) is 29.0 Å². The zero-order valence-corrected chi connectivity index (χ0v) is 12.2. The predicted molar refractivity (Wildman–Crippen MR) is 74.4 cm³/mol. The van der Waals surface area contributed by atoms with E-state index in [-0.39, 0.29) is 0 Å². The fourth-order valence-corrected chi connectivity index (χ4v) is 4.12. The lowest BCUT2D eigenvalue weighted by Crippen LogP contribution is -2.37. The third kappa shape index (κ3) is 2.86. The smallest absolute Gasteiger partial charge is 0.185 e. The van der Waals surface area contributed by atoms with Gasteiger partial charge in [0, 0.05) is 46.3 Å². The molecule has 1 aliphatic rings. The van der Waals surface area contributed by atoms with Crippen molar-refractivity contribution in [1.29, 1.82) is 0 Å². The van der Waals surface area contributed by atoms with E-state index >= 15 is 0 Å². The van der Waals surface area contributed by atoms with Crippen LogP contribution in [0.2, 0.25) is 0 Å². The Morgan fingerprint density at radius 2 is 2.12 bits per heavy atom. The molecule has 1 fully saturated rings. The molecule has 2 rings (SSSR count). The van der Waals surface area contributed by atoms with E-state index in [1.165, 1.54) is 4.88 Å². The van der Waals surface area contributed by atoms with Gasteiger partial charge in [0.1, 0.15) is 0 Å². The Morgan fingerprint density at radius 1 is 1.47 bits per heavy atom. The summed E-state index contributed by atoms with van der Waals surface area (Å²) < 4.78 is 11.3. The molecule has 0 aromatic carbocycles. The second-order valence-electron chi connectivity index (χ2n) is 4.29. The lowest BCUT2D eigenvalue weighted by atomic mass is 10.2. The maximum Gasteiger partial charge on any atom is 0.185 e. The van der Waals surface area contributed by atoms with Crippen molar-refractivity contribution in [2.75, 3.05) is 36.5 Å². The van der Waals surface area contributed by atoms with Gasteiger partial charge < -0.3 is 10.2 Å². The van der Waals surface area contributed by atoms with Crippen LogP contribution >= 0.6 is 11.3 Å². The first kappa shape index (κ1) is 13.0. The number of nitrogens with zero attached hydrogens (tertiary/aromatic N) is 2. The summed E-state index contributed by atoms with van der Waals surface area (Å²) in [6.45, 7) is 5.95. The number of thiazole rings is 1. The van der Waals surface area contributed by atoms with Gasteiger partial charge in [0.2, 0.25) is 0 Å². The van der Waals surface area contributed by atoms with Gasteiger partial charge in [-0.2, -0.15) is 0 Å². The fourth-order valence-electron chi connectivity index (χ4n) is 1.89. The first-order chi connectivity index (χ1) is 8.11. The summed E-state index contributed by atoms with van der Waals surface area (Å²) >= 11 is 1.75. The molecule has 0 spiro atoms. The zero-order valence-electron chi connectivity index (χ0n) is 10.5. The lowest BCUT2D eigenvalue weighted by Gasteiger charge is -2.25. The summed E-state index contributed by atoms with van der Waals surface area (Å²) in [4.78, 5) is 8.19. The Balaban J connectivity index is 2.14. The Kier molecular flexibility index (Phi) is 4.17. The first-order valence-corrected chi connectivity index (χ1v) is 8.16. The molecule has 0 radical (unpaired) electrons. The molecule has 1 unspecified atom stereocenters. The maximum absolute atomic E-state index is 11.3. The summed E-state index contributed by atoms with van der Waals surface area (Å²) in [5.41, 5.74) is 1.11. The van der Waals surface area contributed by atoms with Crippen molar-refractivity contribution in [3.05, 3.63) is 10.6 Å². The van der Waals surface area contributed by atoms with E-state index in [4.69, 9.17) is 0 Å². The molecule has 4 nitrogen and oxygen atoms in total. The van der Waals surface area contributed by atoms with Gasteiger partial charge in [0.25, 0.3) is 0 Å². The van der Waals surface area contributed by atoms with Crippen LogP contribution in [0.5, 0.6) is 0 Å². The van der Waals surface area contributed by atoms with Crippen LogP contribution in [0.3, 0.4) is 0 Å². The highest BCUT2D eigenvalue weighted by molar-refractivity contribution is 7.85. The van der Waals surface area contributed by atoms with Crippen molar-refractivity contribution in [1.82, 2.24) is 10.3 Å². The first-order valence-electron chi connectivity index (χ1n) is 5.86. The van der Waals surface area contributed by atoms with Crippen LogP contribution in [-0.2, 0) is 10.8 Å². The second kappa shape index (κ2) is 5.46. The molecule has 96 valence electrons. The number of hydrogen-bond donors (Lipinski definition) is 1. The summed E-state index contributed by atoms with van der Waals surface area (Å²) in [6, 6.07) is 0.347. The van der Waals surface area contributed by atoms with Crippen LogP contribution in [-0.4, -0.2) is 40.8 Å². The molecule has 17 heavy (non-hydrogen) atoms. The van der Waals surface area contributed by atoms with E-state index in [1.807, 2.05) is 7.05 Å². The third-order valence-electron chi connectivity index (χ3n) is 3.10. The van der Waals surface area contributed by atoms with Crippen LogP contribution in [0, 0.1) is 6.92 Å². The molecular formula is C11H19N3OS2. The molecule has 1 aromatic rings. The van der Waals surface area contributed by atoms with E-state index in [9.17, 15) is 4.21 Å². The Morgan fingerprint density at radius 3 is 2.71 bits per heavy atom. The standard InChI is InChI=1S/C11H19N3OS2/c1-8(12-3)10-9(2)13-11(16-10)14-4-6-17(15)7-5-14/h8,12H,4-7H2,1-3H3. The molecular weight excluding hydrogens is 254 g/mol. The monoisotopic (exact) mass is 273 g/mol. The molecule has 0 bridgehead atoms. The van der Waals surface area contributed by atoms with Gasteiger partial charge in [-0.15, -0.1) is 11.3 Å². The van der Waals surface area contributed by atoms with Crippen molar-refractivity contribution in [2.45, 2.75) is 19.9 Å². The largest absolute Gasteiger partial charge is 0.346 e. The average Bonchev–Trinajstić information content (AvgIpc) is 2.71. The van der Waals surface area contributed by atoms with Crippen LogP contribution in [0.25, 0.3) is 0 Å². The minimum Gasteiger partial charge on any atom is -0.346 e. The van der Waals surface area contributed by atoms with Crippen molar-refractivity contribution in [2.24, 2.45) is 0 Å². The van der Waals surface area contributed by atoms with Crippen molar-refractivity contribution >= 4 is 27.3 Å². The van der Waals surface area contributed by atoms with Crippen LogP contribution in [0.15, 0.2) is 0 Å². The summed E-state index contributed by atoms with van der Waals surface area (Å²) in [5.74, 6) is 1.55. The number of hydrogen-bond acceptors (Lipinski definition) is 5. The highest BCUT2D eigenvalue weighted by atomic mass is 32.2. The maximum atomic E-state index is 11.3. The SMILES string of the molecule is CNC(C)c1sc(N2CCS(=O)CC2)nc1C. The van der Waals surface area contributed by atoms with E-state index < -0.39 is 10.8 Å². The Hall–Kier alpha value is -0.460. The molecule has 1 aromatic heterocycles. The van der Waals surface area contributed by atoms with Gasteiger partial charge in [-0.05, 0) is 20.9 Å². The van der Waals surface area contributed by atoms with Crippen molar-refractivity contribution < 1.29 is 4.21 Å². The molecule has 6 heteroatoms. The number of nitrogens with one attached hydrogen (secondary N) is 1. The number of anilines is 1. The third-order valence-corrected chi connectivity index (χ3v) is 5.77. The van der Waals surface area contributed by atoms with Gasteiger partial charge >= 0.3 is 0 Å². The summed E-state index contributed by atoms with van der Waals surface area (Å²) in [6.07, 6.45) is 0. The minimum absolute atomic E-state index is 0.347. The van der Waals surface area contributed by atoms with E-state index in [0.29, 0.717) is 6.04 Å². The minimum atomic E-state index is -0.621. The molecule has 0 saturated carbocycles. The number of rotatable bonds is 3. The van der Waals surface area contributed by atoms with E-state index in [0.717, 1.165) is 35.4 Å². The lowest BCUT2D eigenvalue weighted by molar-refractivity contribution is 0.658. The second-order valence-corrected chi connectivity index (χ2v) is 7.00. The quantitative estimate of drug-likeness (QED) is 0.902. The van der Waals surface area contributed by atoms with Gasteiger partial charge in [-0.3, -0.25) is 4.21 Å². The summed E-state index contributed by atoms with van der Waals surface area (Å²) in [7, 11) is 1.35. The highest BCUT2D eigenvalue weighted by Gasteiger charge is 2.20. The van der Waals surface area contributed by atoms with E-state index in [1.54, 1.807) is 11.3 Å². The molecule has 0 amide bonds. The van der Waals surface area contributed by atoms with Crippen LogP contribution in [0.1, 0.15) is 23.5 Å². The van der Waals surface area contributed by atoms with Gasteiger partial charge in [-0.1, -0.05) is 0 Å². The number of aryl methyl sites for hydroxylation is 1. The Labute approximate surface area is 109 Å². The molecule has 2 heterocycles. The Bertz CT molecular complexity index is 409. The molecule has 1 N–H and O–H groups in total. The van der Waals surface area contributed by atoms with Crippen LogP contribution < -0.4 is 10.2 Å². The predicted octanol–water partition coefficient (Wildman–Crippen LogP) is 1.30. The van der Waals surface area contributed by atoms with Crippen LogP contribution in [0.4, 0.5) is 5.13 Å². The molecule has 1 atom stereocenters. The fraction of sp³-hybridized carbons (Fsp3) is 0.727.